The summed E-state index contributed by atoms with van der Waals surface area (Å²) < 4.78 is 12.4. The fourth-order valence-corrected chi connectivity index (χ4v) is 4.16. The first kappa shape index (κ1) is 21.7. The van der Waals surface area contributed by atoms with E-state index in [0.29, 0.717) is 55.0 Å². The highest BCUT2D eigenvalue weighted by Gasteiger charge is 2.25. The van der Waals surface area contributed by atoms with Crippen LogP contribution in [0.3, 0.4) is 0 Å². The third-order valence-electron chi connectivity index (χ3n) is 5.99. The molecule has 1 fully saturated rings. The summed E-state index contributed by atoms with van der Waals surface area (Å²) >= 11 is 0. The van der Waals surface area contributed by atoms with Gasteiger partial charge in [0.15, 0.2) is 0 Å². The second-order valence-corrected chi connectivity index (χ2v) is 8.20. The fraction of sp³-hybridized carbons (Fsp3) is 0.280. The van der Waals surface area contributed by atoms with Crippen LogP contribution in [0, 0.1) is 6.92 Å². The second-order valence-electron chi connectivity index (χ2n) is 8.20. The predicted molar refractivity (Wildman–Crippen MR) is 129 cm³/mol. The predicted octanol–water partition coefficient (Wildman–Crippen LogP) is 3.08. The summed E-state index contributed by atoms with van der Waals surface area (Å²) in [6.45, 7) is 4.45. The van der Waals surface area contributed by atoms with E-state index in [9.17, 15) is 4.79 Å². The zero-order valence-corrected chi connectivity index (χ0v) is 19.4. The van der Waals surface area contributed by atoms with E-state index in [0.717, 1.165) is 11.3 Å². The number of carbonyl (C=O) groups excluding carboxylic acids is 1. The van der Waals surface area contributed by atoms with E-state index in [1.165, 1.54) is 5.56 Å². The molecular formula is C25H26N6O3. The maximum Gasteiger partial charge on any atom is 0.254 e. The SMILES string of the molecule is COc1cc(OC)cc(C(=O)N2CCN(c3nc4nccc(-c5cccc(C)c5)n4n3)CC2)c1. The van der Waals surface area contributed by atoms with Crippen molar-refractivity contribution in [2.75, 3.05) is 45.3 Å². The van der Waals surface area contributed by atoms with E-state index in [4.69, 9.17) is 14.6 Å². The third kappa shape index (κ3) is 4.12. The molecule has 0 spiro atoms. The molecule has 0 N–H and O–H groups in total. The molecule has 174 valence electrons. The largest absolute Gasteiger partial charge is 0.497 e. The first-order chi connectivity index (χ1) is 16.6. The summed E-state index contributed by atoms with van der Waals surface area (Å²) in [6.07, 6.45) is 1.75. The Kier molecular flexibility index (Phi) is 5.75. The van der Waals surface area contributed by atoms with Gasteiger partial charge >= 0.3 is 0 Å². The topological polar surface area (TPSA) is 85.1 Å². The highest BCUT2D eigenvalue weighted by molar-refractivity contribution is 5.95. The van der Waals surface area contributed by atoms with E-state index in [1.807, 2.05) is 17.0 Å². The number of hydrogen-bond acceptors (Lipinski definition) is 7. The van der Waals surface area contributed by atoms with E-state index < -0.39 is 0 Å². The zero-order valence-electron chi connectivity index (χ0n) is 19.4. The Hall–Kier alpha value is -4.14. The van der Waals surface area contributed by atoms with Crippen LogP contribution in [-0.4, -0.2) is 70.8 Å². The molecule has 0 atom stereocenters. The van der Waals surface area contributed by atoms with Gasteiger partial charge in [0.1, 0.15) is 11.5 Å². The minimum Gasteiger partial charge on any atom is -0.497 e. The van der Waals surface area contributed by atoms with Gasteiger partial charge in [0.2, 0.25) is 5.95 Å². The molecule has 34 heavy (non-hydrogen) atoms. The lowest BCUT2D eigenvalue weighted by Crippen LogP contribution is -2.49. The van der Waals surface area contributed by atoms with Gasteiger partial charge in [0.25, 0.3) is 11.7 Å². The van der Waals surface area contributed by atoms with Gasteiger partial charge < -0.3 is 19.3 Å². The van der Waals surface area contributed by atoms with Crippen molar-refractivity contribution in [1.29, 1.82) is 0 Å². The van der Waals surface area contributed by atoms with Crippen molar-refractivity contribution in [2.24, 2.45) is 0 Å². The number of aromatic nitrogens is 4. The number of hydrogen-bond donors (Lipinski definition) is 0. The Morgan fingerprint density at radius 1 is 0.941 bits per heavy atom. The fourth-order valence-electron chi connectivity index (χ4n) is 4.16. The van der Waals surface area contributed by atoms with Gasteiger partial charge in [-0.2, -0.15) is 9.50 Å². The van der Waals surface area contributed by atoms with Crippen molar-refractivity contribution in [3.05, 3.63) is 65.9 Å². The number of aryl methyl sites for hydroxylation is 1. The van der Waals surface area contributed by atoms with Crippen molar-refractivity contribution in [3.8, 4) is 22.8 Å². The first-order valence-electron chi connectivity index (χ1n) is 11.1. The Bertz CT molecular complexity index is 1320. The molecule has 4 aromatic rings. The van der Waals surface area contributed by atoms with Crippen LogP contribution in [0.25, 0.3) is 17.0 Å². The number of anilines is 1. The summed E-state index contributed by atoms with van der Waals surface area (Å²) in [4.78, 5) is 26.1. The molecule has 2 aromatic carbocycles. The van der Waals surface area contributed by atoms with E-state index >= 15 is 0 Å². The lowest BCUT2D eigenvalue weighted by Gasteiger charge is -2.34. The molecular weight excluding hydrogens is 432 g/mol. The molecule has 0 unspecified atom stereocenters. The minimum absolute atomic E-state index is 0.0526. The lowest BCUT2D eigenvalue weighted by molar-refractivity contribution is 0.0745. The molecule has 0 aliphatic carbocycles. The number of piperazine rings is 1. The lowest BCUT2D eigenvalue weighted by atomic mass is 10.1. The first-order valence-corrected chi connectivity index (χ1v) is 11.1. The average molecular weight is 459 g/mol. The van der Waals surface area contributed by atoms with Crippen LogP contribution in [0.15, 0.2) is 54.7 Å². The summed E-state index contributed by atoms with van der Waals surface area (Å²) in [6, 6.07) is 15.4. The molecule has 9 nitrogen and oxygen atoms in total. The number of rotatable bonds is 5. The molecule has 9 heteroatoms. The Morgan fingerprint density at radius 2 is 1.68 bits per heavy atom. The highest BCUT2D eigenvalue weighted by atomic mass is 16.5. The quantitative estimate of drug-likeness (QED) is 0.454. The zero-order chi connectivity index (χ0) is 23.7. The Morgan fingerprint density at radius 3 is 2.35 bits per heavy atom. The van der Waals surface area contributed by atoms with Gasteiger partial charge in [0, 0.05) is 49.6 Å². The molecule has 1 aliphatic rings. The molecule has 1 amide bonds. The molecule has 1 aliphatic heterocycles. The van der Waals surface area contributed by atoms with Crippen LogP contribution < -0.4 is 14.4 Å². The van der Waals surface area contributed by atoms with Crippen LogP contribution in [0.4, 0.5) is 5.95 Å². The third-order valence-corrected chi connectivity index (χ3v) is 5.99. The van der Waals surface area contributed by atoms with E-state index in [1.54, 1.807) is 43.1 Å². The monoisotopic (exact) mass is 458 g/mol. The minimum atomic E-state index is -0.0526. The summed E-state index contributed by atoms with van der Waals surface area (Å²) in [5.74, 6) is 2.29. The highest BCUT2D eigenvalue weighted by Crippen LogP contribution is 2.25. The van der Waals surface area contributed by atoms with Crippen LogP contribution in [0.2, 0.25) is 0 Å². The summed E-state index contributed by atoms with van der Waals surface area (Å²) in [7, 11) is 3.14. The van der Waals surface area contributed by atoms with E-state index in [-0.39, 0.29) is 5.91 Å². The van der Waals surface area contributed by atoms with Crippen molar-refractivity contribution < 1.29 is 14.3 Å². The second kappa shape index (κ2) is 9.01. The van der Waals surface area contributed by atoms with Gasteiger partial charge in [-0.25, -0.2) is 4.98 Å². The number of methoxy groups -OCH3 is 2. The Balaban J connectivity index is 1.34. The van der Waals surface area contributed by atoms with E-state index in [2.05, 4.69) is 40.0 Å². The molecule has 1 saturated heterocycles. The summed E-state index contributed by atoms with van der Waals surface area (Å²) in [5, 5.41) is 4.75. The van der Waals surface area contributed by atoms with Crippen molar-refractivity contribution in [2.45, 2.75) is 6.92 Å². The van der Waals surface area contributed by atoms with Crippen LogP contribution in [0.1, 0.15) is 15.9 Å². The number of ether oxygens (including phenoxy) is 2. The van der Waals surface area contributed by atoms with Gasteiger partial charge in [0.05, 0.1) is 19.9 Å². The van der Waals surface area contributed by atoms with Gasteiger partial charge in [-0.15, -0.1) is 5.10 Å². The number of nitrogens with zero attached hydrogens (tertiary/aromatic N) is 6. The van der Waals surface area contributed by atoms with Crippen LogP contribution in [-0.2, 0) is 0 Å². The number of benzene rings is 2. The molecule has 5 rings (SSSR count). The van der Waals surface area contributed by atoms with Crippen molar-refractivity contribution in [1.82, 2.24) is 24.5 Å². The normalized spacial score (nSPS) is 13.9. The van der Waals surface area contributed by atoms with Gasteiger partial charge in [-0.3, -0.25) is 4.79 Å². The molecule has 0 saturated carbocycles. The Labute approximate surface area is 197 Å². The average Bonchev–Trinajstić information content (AvgIpc) is 3.32. The molecule has 0 radical (unpaired) electrons. The van der Waals surface area contributed by atoms with Crippen molar-refractivity contribution in [3.63, 3.8) is 0 Å². The number of fused-ring (bicyclic) bond motifs is 1. The molecule has 3 heterocycles. The standard InChI is InChI=1S/C25H26N6O3/c1-17-5-4-6-18(13-17)22-7-8-26-24-27-25(28-31(22)24)30-11-9-29(10-12-30)23(32)19-14-20(33-2)16-21(15-19)34-3/h4-8,13-16H,9-12H2,1-3H3. The van der Waals surface area contributed by atoms with Crippen LogP contribution in [0.5, 0.6) is 11.5 Å². The number of carbonyl (C=O) groups is 1. The van der Waals surface area contributed by atoms with Crippen LogP contribution >= 0.6 is 0 Å². The summed E-state index contributed by atoms with van der Waals surface area (Å²) in [5.41, 5.74) is 3.72. The maximum atomic E-state index is 13.1. The van der Waals surface area contributed by atoms with Gasteiger partial charge in [-0.05, 0) is 31.2 Å². The smallest absolute Gasteiger partial charge is 0.254 e. The maximum absolute atomic E-state index is 13.1. The molecule has 2 aromatic heterocycles. The number of amides is 1. The van der Waals surface area contributed by atoms with Crippen molar-refractivity contribution >= 4 is 17.6 Å². The molecule has 0 bridgehead atoms. The van der Waals surface area contributed by atoms with Gasteiger partial charge in [-0.1, -0.05) is 23.8 Å².